The van der Waals surface area contributed by atoms with Crippen molar-refractivity contribution in [2.75, 3.05) is 0 Å². The van der Waals surface area contributed by atoms with Gasteiger partial charge in [-0.1, -0.05) is 31.5 Å². The average molecular weight is 475 g/mol. The maximum Gasteiger partial charge on any atom is 0.297 e. The van der Waals surface area contributed by atoms with Crippen molar-refractivity contribution < 1.29 is 22.5 Å². The molecule has 1 N–H and O–H groups in total. The van der Waals surface area contributed by atoms with Gasteiger partial charge in [-0.2, -0.15) is 8.42 Å². The number of hydrogen-bond donors (Lipinski definition) is 1. The summed E-state index contributed by atoms with van der Waals surface area (Å²) in [6.45, 7) is 8.42. The highest BCUT2D eigenvalue weighted by Gasteiger charge is 2.66. The number of rotatable bonds is 3. The van der Waals surface area contributed by atoms with Crippen LogP contribution in [0.2, 0.25) is 0 Å². The Morgan fingerprint density at radius 3 is 2.36 bits per heavy atom. The molecule has 1 aromatic rings. The molecule has 0 aromatic heterocycles. The van der Waals surface area contributed by atoms with Gasteiger partial charge in [-0.3, -0.25) is 8.98 Å². The highest BCUT2D eigenvalue weighted by molar-refractivity contribution is 7.86. The summed E-state index contributed by atoms with van der Waals surface area (Å²) in [7, 11) is -3.92. The molecule has 33 heavy (non-hydrogen) atoms. The molecule has 0 radical (unpaired) electrons. The molecular formula is C27H38O5S. The van der Waals surface area contributed by atoms with E-state index < -0.39 is 21.8 Å². The Kier molecular flexibility index (Phi) is 5.43. The first-order valence-electron chi connectivity index (χ1n) is 12.6. The van der Waals surface area contributed by atoms with Crippen LogP contribution < -0.4 is 0 Å². The smallest absolute Gasteiger partial charge is 0.297 e. The van der Waals surface area contributed by atoms with E-state index in [4.69, 9.17) is 4.18 Å². The summed E-state index contributed by atoms with van der Waals surface area (Å²) in [5, 5.41) is 11.3. The molecule has 6 heteroatoms. The minimum Gasteiger partial charge on any atom is -0.390 e. The van der Waals surface area contributed by atoms with Crippen molar-refractivity contribution in [2.24, 2.45) is 34.5 Å². The Labute approximate surface area is 198 Å². The number of ketones is 1. The molecule has 4 fully saturated rings. The maximum absolute atomic E-state index is 13.4. The number of hydrogen-bond acceptors (Lipinski definition) is 5. The molecule has 0 heterocycles. The van der Waals surface area contributed by atoms with Crippen LogP contribution in [0.15, 0.2) is 29.2 Å². The van der Waals surface area contributed by atoms with Crippen LogP contribution in [-0.4, -0.2) is 31.0 Å². The van der Waals surface area contributed by atoms with Crippen LogP contribution in [0.3, 0.4) is 0 Å². The molecule has 1 aromatic carbocycles. The van der Waals surface area contributed by atoms with E-state index in [9.17, 15) is 18.3 Å². The second kappa shape index (κ2) is 7.63. The molecule has 4 aliphatic rings. The Morgan fingerprint density at radius 1 is 1.00 bits per heavy atom. The summed E-state index contributed by atoms with van der Waals surface area (Å²) < 4.78 is 32.8. The van der Waals surface area contributed by atoms with Gasteiger partial charge >= 0.3 is 0 Å². The van der Waals surface area contributed by atoms with Gasteiger partial charge in [-0.05, 0) is 99.0 Å². The summed E-state index contributed by atoms with van der Waals surface area (Å²) in [6, 6.07) is 6.82. The Hall–Kier alpha value is -1.24. The van der Waals surface area contributed by atoms with Crippen molar-refractivity contribution >= 4 is 15.9 Å². The Bertz CT molecular complexity index is 1040. The Balaban J connectivity index is 1.54. The third kappa shape index (κ3) is 3.54. The summed E-state index contributed by atoms with van der Waals surface area (Å²) in [6.07, 6.45) is 5.73. The van der Waals surface area contributed by atoms with Gasteiger partial charge in [0.15, 0.2) is 0 Å². The molecule has 0 spiro atoms. The lowest BCUT2D eigenvalue weighted by Gasteiger charge is -2.62. The number of carbonyl (C=O) groups excluding carboxylic acids is 1. The van der Waals surface area contributed by atoms with Gasteiger partial charge in [0.2, 0.25) is 0 Å². The second-order valence-electron chi connectivity index (χ2n) is 12.1. The first-order valence-corrected chi connectivity index (χ1v) is 14.0. The van der Waals surface area contributed by atoms with Crippen LogP contribution in [0, 0.1) is 41.4 Å². The molecule has 5 nitrogen and oxygen atoms in total. The van der Waals surface area contributed by atoms with E-state index in [-0.39, 0.29) is 33.5 Å². The van der Waals surface area contributed by atoms with Crippen molar-refractivity contribution in [3.05, 3.63) is 29.8 Å². The fourth-order valence-corrected chi connectivity index (χ4v) is 9.37. The van der Waals surface area contributed by atoms with Gasteiger partial charge in [0, 0.05) is 12.8 Å². The van der Waals surface area contributed by atoms with Crippen LogP contribution in [0.25, 0.3) is 0 Å². The molecule has 0 unspecified atom stereocenters. The molecular weight excluding hydrogens is 436 g/mol. The number of aryl methyl sites for hydroxylation is 1. The van der Waals surface area contributed by atoms with Crippen molar-refractivity contribution in [1.82, 2.24) is 0 Å². The molecule has 0 bridgehead atoms. The summed E-state index contributed by atoms with van der Waals surface area (Å²) in [5.41, 5.74) is 0.0433. The standard InChI is InChI=1S/C27H38O5S/c1-17-5-7-20(8-6-17)33(30,31)32-23-16-18-15-19(28)9-12-25(18,2)21-10-13-26(3)22(24(21)23)11-14-27(26,4)29/h5-8,18,21-24,29H,9-16H2,1-4H3/t18-,21+,22+,23+,24-,25+,26+,27+/m1/s1. The fourth-order valence-electron chi connectivity index (χ4n) is 8.26. The zero-order valence-electron chi connectivity index (χ0n) is 20.3. The highest BCUT2D eigenvalue weighted by atomic mass is 32.2. The third-order valence-electron chi connectivity index (χ3n) is 10.6. The van der Waals surface area contributed by atoms with Crippen molar-refractivity contribution in [2.45, 2.75) is 95.7 Å². The fraction of sp³-hybridized carbons (Fsp3) is 0.741. The molecule has 4 aliphatic carbocycles. The Morgan fingerprint density at radius 2 is 1.67 bits per heavy atom. The largest absolute Gasteiger partial charge is 0.390 e. The minimum atomic E-state index is -3.92. The molecule has 0 saturated heterocycles. The molecule has 182 valence electrons. The summed E-state index contributed by atoms with van der Waals surface area (Å²) in [4.78, 5) is 12.6. The molecule has 4 saturated carbocycles. The van der Waals surface area contributed by atoms with E-state index in [0.717, 1.165) is 37.7 Å². The lowest BCUT2D eigenvalue weighted by atomic mass is 9.44. The molecule has 0 aliphatic heterocycles. The maximum atomic E-state index is 13.4. The lowest BCUT2D eigenvalue weighted by Crippen LogP contribution is -2.60. The van der Waals surface area contributed by atoms with Gasteiger partial charge < -0.3 is 5.11 Å². The SMILES string of the molecule is Cc1ccc(S(=O)(=O)O[C@H]2C[C@H]3CC(=O)CC[C@]3(C)[C@H]3CC[C@@]4(C)[C@@H](CC[C@]4(C)O)[C@H]23)cc1. The van der Waals surface area contributed by atoms with Crippen molar-refractivity contribution in [1.29, 1.82) is 0 Å². The van der Waals surface area contributed by atoms with Crippen LogP contribution in [0.4, 0.5) is 0 Å². The van der Waals surface area contributed by atoms with Crippen molar-refractivity contribution in [3.63, 3.8) is 0 Å². The zero-order chi connectivity index (χ0) is 23.8. The number of Topliss-reactive ketones (excluding diaryl/α,β-unsaturated/α-hetero) is 1. The number of benzene rings is 1. The highest BCUT2D eigenvalue weighted by Crippen LogP contribution is 2.68. The van der Waals surface area contributed by atoms with Gasteiger partial charge in [0.1, 0.15) is 5.78 Å². The first-order chi connectivity index (χ1) is 15.4. The zero-order valence-corrected chi connectivity index (χ0v) is 21.2. The number of aliphatic hydroxyl groups is 1. The predicted octanol–water partition coefficient (Wildman–Crippen LogP) is 5.04. The van der Waals surface area contributed by atoms with Gasteiger partial charge in [0.05, 0.1) is 16.6 Å². The number of fused-ring (bicyclic) bond motifs is 5. The topological polar surface area (TPSA) is 80.7 Å². The summed E-state index contributed by atoms with van der Waals surface area (Å²) >= 11 is 0. The monoisotopic (exact) mass is 474 g/mol. The van der Waals surface area contributed by atoms with E-state index in [0.29, 0.717) is 31.0 Å². The third-order valence-corrected chi connectivity index (χ3v) is 11.9. The summed E-state index contributed by atoms with van der Waals surface area (Å²) in [5.74, 6) is 1.06. The van der Waals surface area contributed by atoms with Crippen LogP contribution in [0.1, 0.15) is 77.7 Å². The second-order valence-corrected chi connectivity index (χ2v) is 13.7. The van der Waals surface area contributed by atoms with E-state index in [1.807, 2.05) is 13.8 Å². The van der Waals surface area contributed by atoms with E-state index in [1.165, 1.54) is 0 Å². The van der Waals surface area contributed by atoms with Crippen LogP contribution in [0.5, 0.6) is 0 Å². The molecule has 8 atom stereocenters. The normalized spacial score (nSPS) is 45.2. The van der Waals surface area contributed by atoms with E-state index in [1.54, 1.807) is 24.3 Å². The average Bonchev–Trinajstić information content (AvgIpc) is 2.98. The molecule has 0 amide bonds. The molecule has 5 rings (SSSR count). The number of carbonyl (C=O) groups is 1. The van der Waals surface area contributed by atoms with Crippen LogP contribution in [-0.2, 0) is 19.1 Å². The van der Waals surface area contributed by atoms with E-state index in [2.05, 4.69) is 13.8 Å². The lowest BCUT2D eigenvalue weighted by molar-refractivity contribution is -0.177. The van der Waals surface area contributed by atoms with E-state index >= 15 is 0 Å². The van der Waals surface area contributed by atoms with Gasteiger partial charge in [-0.15, -0.1) is 0 Å². The van der Waals surface area contributed by atoms with Gasteiger partial charge in [0.25, 0.3) is 10.1 Å². The van der Waals surface area contributed by atoms with Crippen molar-refractivity contribution in [3.8, 4) is 0 Å². The van der Waals surface area contributed by atoms with Gasteiger partial charge in [-0.25, -0.2) is 0 Å². The van der Waals surface area contributed by atoms with Crippen LogP contribution >= 0.6 is 0 Å². The quantitative estimate of drug-likeness (QED) is 0.621. The minimum absolute atomic E-state index is 0.0296. The first kappa shape index (κ1) is 23.5. The predicted molar refractivity (Wildman–Crippen MR) is 126 cm³/mol.